The lowest BCUT2D eigenvalue weighted by molar-refractivity contribution is 0.106. The van der Waals surface area contributed by atoms with Crippen LogP contribution in [0.1, 0.15) is 73.1 Å². The second-order valence-electron chi connectivity index (χ2n) is 7.70. The van der Waals surface area contributed by atoms with Gasteiger partial charge in [-0.15, -0.1) is 0 Å². The molecule has 6 atom stereocenters. The normalized spacial score (nSPS) is 31.7. The molecule has 0 radical (unpaired) electrons. The van der Waals surface area contributed by atoms with Gasteiger partial charge < -0.3 is 4.74 Å². The van der Waals surface area contributed by atoms with Crippen molar-refractivity contribution in [2.75, 3.05) is 0 Å². The van der Waals surface area contributed by atoms with Crippen molar-refractivity contribution in [1.82, 2.24) is 0 Å². The van der Waals surface area contributed by atoms with E-state index in [1.54, 1.807) is 5.57 Å². The van der Waals surface area contributed by atoms with Crippen molar-refractivity contribution in [2.45, 2.75) is 79.2 Å². The molecule has 1 saturated carbocycles. The van der Waals surface area contributed by atoms with Crippen LogP contribution < -0.4 is 0 Å². The van der Waals surface area contributed by atoms with Gasteiger partial charge in [0.15, 0.2) is 0 Å². The standard InChI is InChI=1S/C21H36O/c1-6-17(13-18(7-2)20-14-19(20)8-3)15(4)12-16(5)21-10-9-11-22-21/h6,9,11,15-16,18-21H,7-8,10,12-14H2,1-5H3/b17-6-/t15-,16?,18?,19?,20?,21?/m0/s1. The van der Waals surface area contributed by atoms with Crippen LogP contribution in [0.2, 0.25) is 0 Å². The molecule has 22 heavy (non-hydrogen) atoms. The van der Waals surface area contributed by atoms with Crippen molar-refractivity contribution in [2.24, 2.45) is 29.6 Å². The number of rotatable bonds is 9. The van der Waals surface area contributed by atoms with Crippen LogP contribution in [0, 0.1) is 29.6 Å². The Bertz CT molecular complexity index is 387. The lowest BCUT2D eigenvalue weighted by Gasteiger charge is -2.26. The monoisotopic (exact) mass is 304 g/mol. The molecule has 126 valence electrons. The van der Waals surface area contributed by atoms with Gasteiger partial charge in [0.1, 0.15) is 6.10 Å². The average Bonchev–Trinajstić information content (AvgIpc) is 3.09. The maximum atomic E-state index is 5.71. The molecule has 0 aromatic heterocycles. The Morgan fingerprint density at radius 1 is 1.32 bits per heavy atom. The van der Waals surface area contributed by atoms with E-state index in [1.807, 2.05) is 6.26 Å². The Hall–Kier alpha value is -0.720. The van der Waals surface area contributed by atoms with E-state index in [1.165, 1.54) is 32.1 Å². The van der Waals surface area contributed by atoms with Gasteiger partial charge in [0, 0.05) is 6.42 Å². The van der Waals surface area contributed by atoms with E-state index in [0.29, 0.717) is 17.9 Å². The van der Waals surface area contributed by atoms with E-state index in [4.69, 9.17) is 4.74 Å². The van der Waals surface area contributed by atoms with Gasteiger partial charge in [-0.3, -0.25) is 0 Å². The third-order valence-electron chi connectivity index (χ3n) is 6.21. The van der Waals surface area contributed by atoms with Crippen molar-refractivity contribution in [3.8, 4) is 0 Å². The Morgan fingerprint density at radius 2 is 2.09 bits per heavy atom. The molecule has 0 amide bonds. The molecule has 0 spiro atoms. The predicted octanol–water partition coefficient (Wildman–Crippen LogP) is 6.36. The van der Waals surface area contributed by atoms with Crippen LogP contribution in [0.3, 0.4) is 0 Å². The van der Waals surface area contributed by atoms with E-state index in [-0.39, 0.29) is 0 Å². The fourth-order valence-corrected chi connectivity index (χ4v) is 4.45. The van der Waals surface area contributed by atoms with E-state index < -0.39 is 0 Å². The van der Waals surface area contributed by atoms with Gasteiger partial charge in [0.05, 0.1) is 6.26 Å². The Kier molecular flexibility index (Phi) is 6.59. The van der Waals surface area contributed by atoms with Crippen LogP contribution in [-0.2, 0) is 4.74 Å². The first kappa shape index (κ1) is 17.6. The fraction of sp³-hybridized carbons (Fsp3) is 0.810. The van der Waals surface area contributed by atoms with Crippen LogP contribution in [0.15, 0.2) is 24.0 Å². The van der Waals surface area contributed by atoms with Crippen LogP contribution in [0.5, 0.6) is 0 Å². The zero-order chi connectivity index (χ0) is 16.1. The first-order valence-corrected chi connectivity index (χ1v) is 9.56. The van der Waals surface area contributed by atoms with E-state index in [9.17, 15) is 0 Å². The molecule has 2 rings (SSSR count). The first-order chi connectivity index (χ1) is 10.6. The summed E-state index contributed by atoms with van der Waals surface area (Å²) >= 11 is 0. The molecule has 1 fully saturated rings. The number of ether oxygens (including phenoxy) is 1. The minimum atomic E-state index is 0.412. The van der Waals surface area contributed by atoms with Gasteiger partial charge in [-0.05, 0) is 61.9 Å². The minimum Gasteiger partial charge on any atom is -0.498 e. The number of hydrogen-bond acceptors (Lipinski definition) is 1. The van der Waals surface area contributed by atoms with Crippen molar-refractivity contribution in [3.05, 3.63) is 24.0 Å². The lowest BCUT2D eigenvalue weighted by atomic mass is 9.81. The van der Waals surface area contributed by atoms with Crippen LogP contribution in [0.25, 0.3) is 0 Å². The summed E-state index contributed by atoms with van der Waals surface area (Å²) in [6.45, 7) is 11.8. The smallest absolute Gasteiger partial charge is 0.104 e. The van der Waals surface area contributed by atoms with Crippen LogP contribution in [0.4, 0.5) is 0 Å². The molecule has 1 aliphatic heterocycles. The molecule has 1 heterocycles. The van der Waals surface area contributed by atoms with Crippen molar-refractivity contribution >= 4 is 0 Å². The third kappa shape index (κ3) is 4.40. The Labute approximate surface area is 138 Å². The maximum Gasteiger partial charge on any atom is 0.104 e. The highest BCUT2D eigenvalue weighted by Crippen LogP contribution is 2.50. The molecule has 0 aromatic rings. The van der Waals surface area contributed by atoms with Gasteiger partial charge in [0.25, 0.3) is 0 Å². The summed E-state index contributed by atoms with van der Waals surface area (Å²) in [5.74, 6) is 4.28. The van der Waals surface area contributed by atoms with Crippen molar-refractivity contribution in [3.63, 3.8) is 0 Å². The number of hydrogen-bond donors (Lipinski definition) is 0. The maximum absolute atomic E-state index is 5.71. The molecular formula is C21H36O. The Balaban J connectivity index is 1.84. The molecule has 0 aromatic carbocycles. The SMILES string of the molecule is C/C=C(/CC(CC)C1CC1CC)[C@@H](C)CC(C)C1CC=CO1. The molecule has 1 nitrogen and oxygen atoms in total. The molecule has 2 aliphatic rings. The predicted molar refractivity (Wildman–Crippen MR) is 95.6 cm³/mol. The van der Waals surface area contributed by atoms with Gasteiger partial charge in [-0.2, -0.15) is 0 Å². The average molecular weight is 305 g/mol. The highest BCUT2D eigenvalue weighted by atomic mass is 16.5. The molecule has 1 heteroatoms. The van der Waals surface area contributed by atoms with Crippen LogP contribution in [-0.4, -0.2) is 6.10 Å². The quantitative estimate of drug-likeness (QED) is 0.450. The second kappa shape index (κ2) is 8.22. The first-order valence-electron chi connectivity index (χ1n) is 9.56. The highest BCUT2D eigenvalue weighted by molar-refractivity contribution is 5.08. The van der Waals surface area contributed by atoms with Crippen LogP contribution >= 0.6 is 0 Å². The molecule has 1 aliphatic carbocycles. The summed E-state index contributed by atoms with van der Waals surface area (Å²) in [7, 11) is 0. The summed E-state index contributed by atoms with van der Waals surface area (Å²) in [5.41, 5.74) is 1.69. The molecule has 0 saturated heterocycles. The summed E-state index contributed by atoms with van der Waals surface area (Å²) in [6, 6.07) is 0. The van der Waals surface area contributed by atoms with Gasteiger partial charge in [-0.1, -0.05) is 52.2 Å². The number of allylic oxidation sites excluding steroid dienone is 2. The molecular weight excluding hydrogens is 268 g/mol. The summed E-state index contributed by atoms with van der Waals surface area (Å²) in [5, 5.41) is 0. The largest absolute Gasteiger partial charge is 0.498 e. The summed E-state index contributed by atoms with van der Waals surface area (Å²) < 4.78 is 5.71. The van der Waals surface area contributed by atoms with Gasteiger partial charge in [0.2, 0.25) is 0 Å². The topological polar surface area (TPSA) is 9.23 Å². The molecule has 5 unspecified atom stereocenters. The fourth-order valence-electron chi connectivity index (χ4n) is 4.45. The van der Waals surface area contributed by atoms with Gasteiger partial charge >= 0.3 is 0 Å². The summed E-state index contributed by atoms with van der Waals surface area (Å²) in [6.07, 6.45) is 14.7. The van der Waals surface area contributed by atoms with Crippen molar-refractivity contribution < 1.29 is 4.74 Å². The van der Waals surface area contributed by atoms with Gasteiger partial charge in [-0.25, -0.2) is 0 Å². The second-order valence-corrected chi connectivity index (χ2v) is 7.70. The van der Waals surface area contributed by atoms with E-state index in [0.717, 1.165) is 24.2 Å². The van der Waals surface area contributed by atoms with Crippen molar-refractivity contribution in [1.29, 1.82) is 0 Å². The lowest BCUT2D eigenvalue weighted by Crippen LogP contribution is -2.20. The van der Waals surface area contributed by atoms with E-state index in [2.05, 4.69) is 46.8 Å². The summed E-state index contributed by atoms with van der Waals surface area (Å²) in [4.78, 5) is 0. The zero-order valence-electron chi connectivity index (χ0n) is 15.3. The Morgan fingerprint density at radius 3 is 2.59 bits per heavy atom. The zero-order valence-corrected chi connectivity index (χ0v) is 15.3. The molecule has 0 N–H and O–H groups in total. The minimum absolute atomic E-state index is 0.412. The molecule has 0 bridgehead atoms. The highest BCUT2D eigenvalue weighted by Gasteiger charge is 2.40. The third-order valence-corrected chi connectivity index (χ3v) is 6.21. The van der Waals surface area contributed by atoms with E-state index >= 15 is 0 Å².